The number of nitrogens with zero attached hydrogens (tertiary/aromatic N) is 1. The molecule has 0 heterocycles. The van der Waals surface area contributed by atoms with Crippen LogP contribution in [0.5, 0.6) is 0 Å². The minimum absolute atomic E-state index is 0.147. The molecule has 22 heavy (non-hydrogen) atoms. The van der Waals surface area contributed by atoms with E-state index in [1.165, 1.54) is 18.3 Å². The first-order valence-corrected chi connectivity index (χ1v) is 6.60. The van der Waals surface area contributed by atoms with Crippen molar-refractivity contribution < 1.29 is 9.72 Å². The fourth-order valence-corrected chi connectivity index (χ4v) is 1.79. The maximum absolute atomic E-state index is 11.7. The van der Waals surface area contributed by atoms with Crippen LogP contribution in [0.1, 0.15) is 11.1 Å². The molecule has 112 valence electrons. The smallest absolute Gasteiger partial charge is 0.314 e. The summed E-state index contributed by atoms with van der Waals surface area (Å²) in [4.78, 5) is 22.0. The second kappa shape index (κ2) is 7.03. The van der Waals surface area contributed by atoms with E-state index >= 15 is 0 Å². The van der Waals surface area contributed by atoms with Gasteiger partial charge in [0, 0.05) is 12.3 Å². The summed E-state index contributed by atoms with van der Waals surface area (Å²) in [6, 6.07) is 13.2. The van der Waals surface area contributed by atoms with Crippen molar-refractivity contribution in [1.82, 2.24) is 5.32 Å². The number of anilines is 1. The Balaban J connectivity index is 1.96. The SMILES string of the molecule is Cc1ccc(/C=C/NC(=O)Nc2ccccc2[N+](=O)[O-])cc1. The molecule has 0 unspecified atom stereocenters. The van der Waals surface area contributed by atoms with Crippen LogP contribution in [0.25, 0.3) is 6.08 Å². The topological polar surface area (TPSA) is 84.3 Å². The van der Waals surface area contributed by atoms with Crippen LogP contribution in [0.4, 0.5) is 16.2 Å². The van der Waals surface area contributed by atoms with E-state index in [4.69, 9.17) is 0 Å². The fraction of sp³-hybridized carbons (Fsp3) is 0.0625. The zero-order chi connectivity index (χ0) is 15.9. The first-order valence-electron chi connectivity index (χ1n) is 6.60. The number of carbonyl (C=O) groups is 1. The monoisotopic (exact) mass is 297 g/mol. The van der Waals surface area contributed by atoms with E-state index in [2.05, 4.69) is 10.6 Å². The van der Waals surface area contributed by atoms with Crippen molar-refractivity contribution in [1.29, 1.82) is 0 Å². The zero-order valence-corrected chi connectivity index (χ0v) is 11.9. The molecule has 0 aromatic heterocycles. The first-order chi connectivity index (χ1) is 10.6. The lowest BCUT2D eigenvalue weighted by molar-refractivity contribution is -0.383. The van der Waals surface area contributed by atoms with E-state index in [1.807, 2.05) is 31.2 Å². The van der Waals surface area contributed by atoms with Crippen LogP contribution in [-0.4, -0.2) is 11.0 Å². The molecular formula is C16H15N3O3. The molecule has 0 saturated heterocycles. The largest absolute Gasteiger partial charge is 0.323 e. The number of hydrogen-bond acceptors (Lipinski definition) is 3. The van der Waals surface area contributed by atoms with Crippen LogP contribution in [0.15, 0.2) is 54.7 Å². The van der Waals surface area contributed by atoms with Gasteiger partial charge in [-0.05, 0) is 24.6 Å². The quantitative estimate of drug-likeness (QED) is 0.666. The Morgan fingerprint density at radius 3 is 2.50 bits per heavy atom. The fourth-order valence-electron chi connectivity index (χ4n) is 1.79. The van der Waals surface area contributed by atoms with E-state index < -0.39 is 11.0 Å². The standard InChI is InChI=1S/C16H15N3O3/c1-12-6-8-13(9-7-12)10-11-17-16(20)18-14-4-2-3-5-15(14)19(21)22/h2-11H,1H3,(H2,17,18,20)/b11-10+. The summed E-state index contributed by atoms with van der Waals surface area (Å²) >= 11 is 0. The third kappa shape index (κ3) is 4.17. The van der Waals surface area contributed by atoms with Gasteiger partial charge in [-0.15, -0.1) is 0 Å². The Bertz CT molecular complexity index is 709. The summed E-state index contributed by atoms with van der Waals surface area (Å²) in [5.74, 6) is 0. The molecule has 0 aliphatic heterocycles. The lowest BCUT2D eigenvalue weighted by atomic mass is 10.1. The number of urea groups is 1. The number of hydrogen-bond donors (Lipinski definition) is 2. The second-order valence-corrected chi connectivity index (χ2v) is 4.62. The number of aryl methyl sites for hydroxylation is 1. The van der Waals surface area contributed by atoms with Gasteiger partial charge >= 0.3 is 6.03 Å². The molecular weight excluding hydrogens is 282 g/mol. The molecule has 0 fully saturated rings. The number of benzene rings is 2. The Hall–Kier alpha value is -3.15. The normalized spacial score (nSPS) is 10.4. The number of nitrogens with one attached hydrogen (secondary N) is 2. The summed E-state index contributed by atoms with van der Waals surface area (Å²) in [6.07, 6.45) is 3.22. The molecule has 0 spiro atoms. The van der Waals surface area contributed by atoms with Gasteiger partial charge in [-0.3, -0.25) is 10.1 Å². The van der Waals surface area contributed by atoms with Gasteiger partial charge in [0.2, 0.25) is 0 Å². The van der Waals surface area contributed by atoms with E-state index in [1.54, 1.807) is 18.2 Å². The molecule has 6 heteroatoms. The molecule has 2 aromatic rings. The Kier molecular flexibility index (Phi) is 4.87. The highest BCUT2D eigenvalue weighted by atomic mass is 16.6. The van der Waals surface area contributed by atoms with Gasteiger partial charge < -0.3 is 10.6 Å². The van der Waals surface area contributed by atoms with Crippen molar-refractivity contribution in [2.75, 3.05) is 5.32 Å². The Morgan fingerprint density at radius 1 is 1.14 bits per heavy atom. The molecule has 2 amide bonds. The summed E-state index contributed by atoms with van der Waals surface area (Å²) in [5.41, 5.74) is 2.09. The van der Waals surface area contributed by atoms with Gasteiger partial charge in [0.05, 0.1) is 4.92 Å². The molecule has 6 nitrogen and oxygen atoms in total. The molecule has 0 aliphatic rings. The van der Waals surface area contributed by atoms with Gasteiger partial charge in [-0.1, -0.05) is 42.0 Å². The van der Waals surface area contributed by atoms with Crippen molar-refractivity contribution in [2.45, 2.75) is 6.92 Å². The van der Waals surface area contributed by atoms with Crippen LogP contribution >= 0.6 is 0 Å². The van der Waals surface area contributed by atoms with Crippen LogP contribution < -0.4 is 10.6 Å². The Morgan fingerprint density at radius 2 is 1.82 bits per heavy atom. The van der Waals surface area contributed by atoms with Crippen LogP contribution in [0, 0.1) is 17.0 Å². The van der Waals surface area contributed by atoms with Gasteiger partial charge in [-0.25, -0.2) is 4.79 Å². The molecule has 0 saturated carbocycles. The zero-order valence-electron chi connectivity index (χ0n) is 11.9. The van der Waals surface area contributed by atoms with Crippen molar-refractivity contribution in [3.05, 3.63) is 76.0 Å². The van der Waals surface area contributed by atoms with E-state index in [0.29, 0.717) is 0 Å². The van der Waals surface area contributed by atoms with Crippen LogP contribution in [0.2, 0.25) is 0 Å². The number of nitro benzene ring substituents is 1. The number of nitro groups is 1. The number of carbonyl (C=O) groups excluding carboxylic acids is 1. The summed E-state index contributed by atoms with van der Waals surface area (Å²) < 4.78 is 0. The highest BCUT2D eigenvalue weighted by molar-refractivity contribution is 5.92. The molecule has 0 bridgehead atoms. The lowest BCUT2D eigenvalue weighted by Gasteiger charge is -2.05. The third-order valence-electron chi connectivity index (χ3n) is 2.92. The molecule has 0 aliphatic carbocycles. The predicted molar refractivity (Wildman–Crippen MR) is 85.5 cm³/mol. The number of para-hydroxylation sites is 2. The second-order valence-electron chi connectivity index (χ2n) is 4.62. The lowest BCUT2D eigenvalue weighted by Crippen LogP contribution is -2.24. The summed E-state index contributed by atoms with van der Waals surface area (Å²) in [7, 11) is 0. The minimum Gasteiger partial charge on any atom is -0.314 e. The van der Waals surface area contributed by atoms with Crippen LogP contribution in [-0.2, 0) is 0 Å². The molecule has 0 radical (unpaired) electrons. The minimum atomic E-state index is -0.544. The summed E-state index contributed by atoms with van der Waals surface area (Å²) in [5, 5.41) is 15.8. The van der Waals surface area contributed by atoms with Crippen LogP contribution in [0.3, 0.4) is 0 Å². The third-order valence-corrected chi connectivity index (χ3v) is 2.92. The molecule has 2 aromatic carbocycles. The maximum Gasteiger partial charge on any atom is 0.323 e. The van der Waals surface area contributed by atoms with E-state index in [0.717, 1.165) is 11.1 Å². The number of amides is 2. The molecule has 2 N–H and O–H groups in total. The van der Waals surface area contributed by atoms with Crippen molar-refractivity contribution >= 4 is 23.5 Å². The Labute approximate surface area is 127 Å². The number of rotatable bonds is 4. The highest BCUT2D eigenvalue weighted by Crippen LogP contribution is 2.22. The molecule has 0 atom stereocenters. The van der Waals surface area contributed by atoms with Gasteiger partial charge in [0.25, 0.3) is 5.69 Å². The average Bonchev–Trinajstić information content (AvgIpc) is 2.49. The van der Waals surface area contributed by atoms with Gasteiger partial charge in [0.15, 0.2) is 0 Å². The first kappa shape index (κ1) is 15.2. The van der Waals surface area contributed by atoms with Crippen molar-refractivity contribution in [3.63, 3.8) is 0 Å². The maximum atomic E-state index is 11.7. The predicted octanol–water partition coefficient (Wildman–Crippen LogP) is 3.70. The highest BCUT2D eigenvalue weighted by Gasteiger charge is 2.13. The van der Waals surface area contributed by atoms with Gasteiger partial charge in [0.1, 0.15) is 5.69 Å². The van der Waals surface area contributed by atoms with Crippen molar-refractivity contribution in [3.8, 4) is 0 Å². The molecule has 2 rings (SSSR count). The van der Waals surface area contributed by atoms with E-state index in [9.17, 15) is 14.9 Å². The van der Waals surface area contributed by atoms with E-state index in [-0.39, 0.29) is 11.4 Å². The van der Waals surface area contributed by atoms with Gasteiger partial charge in [-0.2, -0.15) is 0 Å². The summed E-state index contributed by atoms with van der Waals surface area (Å²) in [6.45, 7) is 1.99. The average molecular weight is 297 g/mol. The van der Waals surface area contributed by atoms with Crippen molar-refractivity contribution in [2.24, 2.45) is 0 Å².